The molecule has 0 heterocycles. The molecule has 1 rings (SSSR count). The van der Waals surface area contributed by atoms with Gasteiger partial charge >= 0.3 is 0 Å². The molecular weight excluding hydrogens is 172 g/mol. The van der Waals surface area contributed by atoms with Crippen LogP contribution in [-0.4, -0.2) is 0 Å². The van der Waals surface area contributed by atoms with Crippen LogP contribution in [0.2, 0.25) is 0 Å². The number of rotatable bonds is 3. The van der Waals surface area contributed by atoms with Gasteiger partial charge in [-0.05, 0) is 25.5 Å². The van der Waals surface area contributed by atoms with Gasteiger partial charge in [0.05, 0.1) is 0 Å². The Labute approximate surface area is 85.3 Å². The Morgan fingerprint density at radius 1 is 1.43 bits per heavy atom. The third kappa shape index (κ3) is 1.96. The smallest absolute Gasteiger partial charge is 0.0481 e. The number of aryl methyl sites for hydroxylation is 1. The molecular formula is C12H16N2. The van der Waals surface area contributed by atoms with Crippen molar-refractivity contribution in [3.8, 4) is 0 Å². The van der Waals surface area contributed by atoms with E-state index in [0.29, 0.717) is 0 Å². The third-order valence-corrected chi connectivity index (χ3v) is 2.18. The number of allylic oxidation sites excluding steroid dienone is 1. The van der Waals surface area contributed by atoms with Crippen LogP contribution in [0.1, 0.15) is 12.5 Å². The minimum absolute atomic E-state index is 0.967. The van der Waals surface area contributed by atoms with Crippen molar-refractivity contribution in [2.75, 3.05) is 4.90 Å². The van der Waals surface area contributed by atoms with E-state index in [1.165, 1.54) is 5.56 Å². The number of hydrogen-bond donors (Lipinski definition) is 1. The molecule has 2 N–H and O–H groups in total. The lowest BCUT2D eigenvalue weighted by Gasteiger charge is -2.22. The van der Waals surface area contributed by atoms with Crippen molar-refractivity contribution >= 4 is 5.69 Å². The lowest BCUT2D eigenvalue weighted by Crippen LogP contribution is -2.14. The Balaban J connectivity index is 3.13. The lowest BCUT2D eigenvalue weighted by atomic mass is 10.2. The molecule has 0 aliphatic heterocycles. The molecule has 0 aliphatic carbocycles. The molecule has 74 valence electrons. The molecule has 0 amide bonds. The first-order valence-corrected chi connectivity index (χ1v) is 4.56. The molecule has 2 nitrogen and oxygen atoms in total. The van der Waals surface area contributed by atoms with Crippen molar-refractivity contribution in [1.29, 1.82) is 0 Å². The molecule has 0 saturated carbocycles. The predicted octanol–water partition coefficient (Wildman–Crippen LogP) is 2.76. The summed E-state index contributed by atoms with van der Waals surface area (Å²) in [6.45, 7) is 7.79. The molecule has 2 heteroatoms. The number of nitrogens with zero attached hydrogens (tertiary/aromatic N) is 1. The van der Waals surface area contributed by atoms with E-state index in [1.807, 2.05) is 30.0 Å². The van der Waals surface area contributed by atoms with Crippen LogP contribution in [0.15, 0.2) is 48.9 Å². The first kappa shape index (κ1) is 10.4. The van der Waals surface area contributed by atoms with Crippen molar-refractivity contribution < 1.29 is 0 Å². The second-order valence-corrected chi connectivity index (χ2v) is 3.15. The fourth-order valence-electron chi connectivity index (χ4n) is 1.35. The number of hydrogen-bond acceptors (Lipinski definition) is 2. The van der Waals surface area contributed by atoms with E-state index in [0.717, 1.165) is 11.4 Å². The monoisotopic (exact) mass is 188 g/mol. The van der Waals surface area contributed by atoms with Gasteiger partial charge in [0.2, 0.25) is 0 Å². The molecule has 14 heavy (non-hydrogen) atoms. The quantitative estimate of drug-likeness (QED) is 0.790. The fourth-order valence-corrected chi connectivity index (χ4v) is 1.35. The predicted molar refractivity (Wildman–Crippen MR) is 61.8 cm³/mol. The maximum absolute atomic E-state index is 5.48. The zero-order chi connectivity index (χ0) is 10.6. The molecule has 0 aromatic heterocycles. The molecule has 0 bridgehead atoms. The maximum atomic E-state index is 5.48. The lowest BCUT2D eigenvalue weighted by molar-refractivity contribution is 1.12. The largest absolute Gasteiger partial charge is 0.403 e. The highest BCUT2D eigenvalue weighted by molar-refractivity contribution is 5.59. The van der Waals surface area contributed by atoms with Gasteiger partial charge in [-0.25, -0.2) is 0 Å². The second kappa shape index (κ2) is 4.51. The minimum atomic E-state index is 0.967. The van der Waals surface area contributed by atoms with Crippen LogP contribution in [0.25, 0.3) is 0 Å². The van der Waals surface area contributed by atoms with Crippen LogP contribution in [0, 0.1) is 6.92 Å². The molecule has 0 atom stereocenters. The van der Waals surface area contributed by atoms with Crippen LogP contribution in [0.4, 0.5) is 5.69 Å². The van der Waals surface area contributed by atoms with Gasteiger partial charge in [0.15, 0.2) is 0 Å². The van der Waals surface area contributed by atoms with Crippen LogP contribution >= 0.6 is 0 Å². The van der Waals surface area contributed by atoms with Gasteiger partial charge < -0.3 is 10.6 Å². The third-order valence-electron chi connectivity index (χ3n) is 2.18. The Kier molecular flexibility index (Phi) is 3.35. The SMILES string of the molecule is C=CN(/C(C)=C\N)c1ccccc1C. The van der Waals surface area contributed by atoms with Crippen molar-refractivity contribution in [2.45, 2.75) is 13.8 Å². The zero-order valence-electron chi connectivity index (χ0n) is 8.70. The number of nitrogens with two attached hydrogens (primary N) is 1. The summed E-state index contributed by atoms with van der Waals surface area (Å²) in [6.07, 6.45) is 3.34. The van der Waals surface area contributed by atoms with E-state index in [2.05, 4.69) is 19.6 Å². The average molecular weight is 188 g/mol. The van der Waals surface area contributed by atoms with Gasteiger partial charge in [0.25, 0.3) is 0 Å². The van der Waals surface area contributed by atoms with Crippen LogP contribution in [0.3, 0.4) is 0 Å². The summed E-state index contributed by atoms with van der Waals surface area (Å²) in [6, 6.07) is 8.13. The molecule has 1 aromatic carbocycles. The van der Waals surface area contributed by atoms with Crippen molar-refractivity contribution in [3.05, 3.63) is 54.5 Å². The summed E-state index contributed by atoms with van der Waals surface area (Å²) >= 11 is 0. The van der Waals surface area contributed by atoms with Crippen molar-refractivity contribution in [3.63, 3.8) is 0 Å². The van der Waals surface area contributed by atoms with Gasteiger partial charge in [-0.1, -0.05) is 24.8 Å². The van der Waals surface area contributed by atoms with Crippen LogP contribution in [0.5, 0.6) is 0 Å². The summed E-state index contributed by atoms with van der Waals surface area (Å²) in [7, 11) is 0. The Bertz CT molecular complexity index is 353. The van der Waals surface area contributed by atoms with Gasteiger partial charge in [0.1, 0.15) is 0 Å². The van der Waals surface area contributed by atoms with E-state index in [4.69, 9.17) is 5.73 Å². The molecule has 1 aromatic rings. The highest BCUT2D eigenvalue weighted by Gasteiger charge is 2.05. The Hall–Kier alpha value is -1.70. The molecule has 0 fully saturated rings. The Morgan fingerprint density at radius 3 is 2.57 bits per heavy atom. The van der Waals surface area contributed by atoms with E-state index in [1.54, 1.807) is 12.4 Å². The van der Waals surface area contributed by atoms with Crippen LogP contribution < -0.4 is 10.6 Å². The summed E-state index contributed by atoms with van der Waals surface area (Å²) in [5.41, 5.74) is 8.77. The van der Waals surface area contributed by atoms with Gasteiger partial charge in [-0.3, -0.25) is 0 Å². The summed E-state index contributed by atoms with van der Waals surface area (Å²) in [5.74, 6) is 0. The maximum Gasteiger partial charge on any atom is 0.0481 e. The number of para-hydroxylation sites is 1. The minimum Gasteiger partial charge on any atom is -0.403 e. The van der Waals surface area contributed by atoms with Gasteiger partial charge in [-0.2, -0.15) is 0 Å². The molecule has 0 radical (unpaired) electrons. The fraction of sp³-hybridized carbons (Fsp3) is 0.167. The summed E-state index contributed by atoms with van der Waals surface area (Å²) in [5, 5.41) is 0. The van der Waals surface area contributed by atoms with E-state index >= 15 is 0 Å². The molecule has 0 saturated heterocycles. The van der Waals surface area contributed by atoms with E-state index in [9.17, 15) is 0 Å². The topological polar surface area (TPSA) is 29.3 Å². The Morgan fingerprint density at radius 2 is 2.07 bits per heavy atom. The standard InChI is InChI=1S/C12H16N2/c1-4-14(11(3)9-13)12-8-6-5-7-10(12)2/h4-9H,1,13H2,2-3H3/b11-9-. The van der Waals surface area contributed by atoms with E-state index < -0.39 is 0 Å². The molecule has 0 aliphatic rings. The van der Waals surface area contributed by atoms with Crippen LogP contribution in [-0.2, 0) is 0 Å². The zero-order valence-corrected chi connectivity index (χ0v) is 8.70. The first-order chi connectivity index (χ1) is 6.70. The number of anilines is 1. The van der Waals surface area contributed by atoms with Crippen molar-refractivity contribution in [1.82, 2.24) is 0 Å². The van der Waals surface area contributed by atoms with Gasteiger partial charge in [0, 0.05) is 23.8 Å². The second-order valence-electron chi connectivity index (χ2n) is 3.15. The first-order valence-electron chi connectivity index (χ1n) is 4.56. The normalized spacial score (nSPS) is 11.1. The van der Waals surface area contributed by atoms with E-state index in [-0.39, 0.29) is 0 Å². The van der Waals surface area contributed by atoms with Crippen molar-refractivity contribution in [2.24, 2.45) is 5.73 Å². The molecule has 0 spiro atoms. The average Bonchev–Trinajstić information content (AvgIpc) is 2.21. The highest BCUT2D eigenvalue weighted by atomic mass is 15.1. The summed E-state index contributed by atoms with van der Waals surface area (Å²) < 4.78 is 0. The van der Waals surface area contributed by atoms with Gasteiger partial charge in [-0.15, -0.1) is 0 Å². The summed E-state index contributed by atoms with van der Waals surface area (Å²) in [4.78, 5) is 1.97. The highest BCUT2D eigenvalue weighted by Crippen LogP contribution is 2.22. The molecule has 0 unspecified atom stereocenters. The number of benzene rings is 1.